The number of rotatable bonds is 11. The summed E-state index contributed by atoms with van der Waals surface area (Å²) in [5.41, 5.74) is 1.57. The van der Waals surface area contributed by atoms with Gasteiger partial charge in [0.1, 0.15) is 12.6 Å². The maximum atomic E-state index is 14.0. The molecule has 0 saturated heterocycles. The Morgan fingerprint density at radius 2 is 1.49 bits per heavy atom. The van der Waals surface area contributed by atoms with Crippen molar-refractivity contribution in [1.29, 1.82) is 0 Å². The Bertz CT molecular complexity index is 1500. The van der Waals surface area contributed by atoms with E-state index in [1.165, 1.54) is 35.2 Å². The fourth-order valence-corrected chi connectivity index (χ4v) is 6.17. The summed E-state index contributed by atoms with van der Waals surface area (Å²) in [6.07, 6.45) is 0.692. The van der Waals surface area contributed by atoms with Crippen LogP contribution >= 0.6 is 46.4 Å². The van der Waals surface area contributed by atoms with Crippen LogP contribution in [0.15, 0.2) is 65.6 Å². The first-order chi connectivity index (χ1) is 19.2. The Morgan fingerprint density at radius 1 is 0.878 bits per heavy atom. The van der Waals surface area contributed by atoms with Gasteiger partial charge in [-0.3, -0.25) is 13.9 Å². The molecule has 220 valence electrons. The van der Waals surface area contributed by atoms with Crippen molar-refractivity contribution >= 4 is 73.9 Å². The van der Waals surface area contributed by atoms with E-state index in [1.54, 1.807) is 37.3 Å². The number of aryl methyl sites for hydroxylation is 1. The highest BCUT2D eigenvalue weighted by molar-refractivity contribution is 7.92. The van der Waals surface area contributed by atoms with Crippen LogP contribution in [0.3, 0.4) is 0 Å². The Hall–Kier alpha value is -2.49. The zero-order chi connectivity index (χ0) is 30.5. The summed E-state index contributed by atoms with van der Waals surface area (Å²) in [7, 11) is -4.26. The zero-order valence-corrected chi connectivity index (χ0v) is 26.8. The molecule has 0 aliphatic carbocycles. The number of benzene rings is 3. The number of sulfonamides is 1. The first-order valence-electron chi connectivity index (χ1n) is 12.8. The van der Waals surface area contributed by atoms with Gasteiger partial charge < -0.3 is 10.2 Å². The molecule has 0 saturated carbocycles. The van der Waals surface area contributed by atoms with Crippen LogP contribution in [0.25, 0.3) is 0 Å². The second-order valence-electron chi connectivity index (χ2n) is 9.72. The maximum Gasteiger partial charge on any atom is 0.264 e. The second kappa shape index (κ2) is 14.1. The van der Waals surface area contributed by atoms with Crippen LogP contribution < -0.4 is 9.62 Å². The number of nitrogens with one attached hydrogen (secondary N) is 1. The van der Waals surface area contributed by atoms with Crippen molar-refractivity contribution in [2.45, 2.75) is 57.6 Å². The Balaban J connectivity index is 2.07. The predicted molar refractivity (Wildman–Crippen MR) is 167 cm³/mol. The van der Waals surface area contributed by atoms with Crippen molar-refractivity contribution in [3.8, 4) is 0 Å². The Kier molecular flexibility index (Phi) is 11.4. The topological polar surface area (TPSA) is 86.8 Å². The van der Waals surface area contributed by atoms with E-state index in [0.717, 1.165) is 9.87 Å². The van der Waals surface area contributed by atoms with Crippen molar-refractivity contribution in [2.75, 3.05) is 10.8 Å². The maximum absolute atomic E-state index is 14.0. The molecule has 0 aliphatic heterocycles. The number of anilines is 1. The number of hydrogen-bond acceptors (Lipinski definition) is 4. The van der Waals surface area contributed by atoms with E-state index >= 15 is 0 Å². The molecule has 0 unspecified atom stereocenters. The summed E-state index contributed by atoms with van der Waals surface area (Å²) in [6.45, 7) is 6.55. The summed E-state index contributed by atoms with van der Waals surface area (Å²) in [6, 6.07) is 14.3. The Morgan fingerprint density at radius 3 is 2.05 bits per heavy atom. The number of carbonyl (C=O) groups is 2. The van der Waals surface area contributed by atoms with E-state index in [2.05, 4.69) is 5.32 Å². The van der Waals surface area contributed by atoms with Crippen molar-refractivity contribution in [3.63, 3.8) is 0 Å². The fourth-order valence-electron chi connectivity index (χ4n) is 3.93. The molecule has 3 aromatic carbocycles. The molecule has 3 aromatic rings. The lowest BCUT2D eigenvalue weighted by molar-refractivity contribution is -0.139. The average molecular weight is 659 g/mol. The summed E-state index contributed by atoms with van der Waals surface area (Å²) in [4.78, 5) is 28.4. The molecule has 0 aromatic heterocycles. The molecule has 3 rings (SSSR count). The highest BCUT2D eigenvalue weighted by Crippen LogP contribution is 2.30. The van der Waals surface area contributed by atoms with Crippen molar-refractivity contribution in [1.82, 2.24) is 10.2 Å². The monoisotopic (exact) mass is 657 g/mol. The van der Waals surface area contributed by atoms with Gasteiger partial charge in [0, 0.05) is 22.6 Å². The lowest BCUT2D eigenvalue weighted by atomic mass is 10.1. The molecule has 1 N–H and O–H groups in total. The molecule has 41 heavy (non-hydrogen) atoms. The molecule has 12 heteroatoms. The molecule has 0 radical (unpaired) electrons. The van der Waals surface area contributed by atoms with Gasteiger partial charge in [-0.1, -0.05) is 77.1 Å². The van der Waals surface area contributed by atoms with Crippen LogP contribution in [0, 0.1) is 6.92 Å². The van der Waals surface area contributed by atoms with Gasteiger partial charge in [0.05, 0.1) is 20.6 Å². The number of carbonyl (C=O) groups excluding carboxylic acids is 2. The number of nitrogens with zero attached hydrogens (tertiary/aromatic N) is 2. The van der Waals surface area contributed by atoms with Crippen molar-refractivity contribution in [2.24, 2.45) is 0 Å². The minimum absolute atomic E-state index is 0.0226. The molecule has 0 spiro atoms. The summed E-state index contributed by atoms with van der Waals surface area (Å²) >= 11 is 24.7. The molecular weight excluding hydrogens is 628 g/mol. The van der Waals surface area contributed by atoms with Crippen LogP contribution in [-0.4, -0.2) is 43.8 Å². The average Bonchev–Trinajstić information content (AvgIpc) is 2.91. The second-order valence-corrected chi connectivity index (χ2v) is 13.3. The predicted octanol–water partition coefficient (Wildman–Crippen LogP) is 7.14. The fraction of sp³-hybridized carbons (Fsp3) is 0.310. The first kappa shape index (κ1) is 33.0. The van der Waals surface area contributed by atoms with E-state index in [9.17, 15) is 18.0 Å². The van der Waals surface area contributed by atoms with E-state index < -0.39 is 28.5 Å². The summed E-state index contributed by atoms with van der Waals surface area (Å²) in [5, 5.41) is 3.89. The molecular formula is C29H31Cl4N3O4S. The van der Waals surface area contributed by atoms with Crippen LogP contribution in [0.4, 0.5) is 5.69 Å². The lowest BCUT2D eigenvalue weighted by Crippen LogP contribution is -2.52. The third-order valence-corrected chi connectivity index (χ3v) is 9.49. The molecule has 0 heterocycles. The highest BCUT2D eigenvalue weighted by atomic mass is 35.5. The first-order valence-corrected chi connectivity index (χ1v) is 15.8. The molecule has 0 aliphatic rings. The number of halogens is 4. The third kappa shape index (κ3) is 8.52. The van der Waals surface area contributed by atoms with E-state index in [4.69, 9.17) is 46.4 Å². The molecule has 0 fully saturated rings. The van der Waals surface area contributed by atoms with Crippen LogP contribution in [-0.2, 0) is 26.2 Å². The van der Waals surface area contributed by atoms with Gasteiger partial charge in [-0.25, -0.2) is 8.42 Å². The van der Waals surface area contributed by atoms with Gasteiger partial charge in [-0.15, -0.1) is 0 Å². The van der Waals surface area contributed by atoms with Gasteiger partial charge in [-0.2, -0.15) is 0 Å². The van der Waals surface area contributed by atoms with Gasteiger partial charge in [0.2, 0.25) is 11.8 Å². The van der Waals surface area contributed by atoms with Crippen LogP contribution in [0.1, 0.15) is 38.3 Å². The summed E-state index contributed by atoms with van der Waals surface area (Å²) in [5.74, 6) is -1.01. The standard InChI is InChI=1S/C29H31Cl4N3O4S/c1-5-19(3)34-29(38)20(4)35(16-21-8-11-26(32)27(33)12-21)28(37)17-36(24-14-22(30)13-23(31)15-24)41(39,40)25-9-6-18(2)7-10-25/h6-15,19-20H,5,16-17H2,1-4H3,(H,34,38)/t19-,20-/m1/s1. The van der Waals surface area contributed by atoms with Gasteiger partial charge in [0.25, 0.3) is 10.0 Å². The van der Waals surface area contributed by atoms with Crippen LogP contribution in [0.2, 0.25) is 20.1 Å². The normalized spacial score (nSPS) is 12.9. The number of amides is 2. The minimum Gasteiger partial charge on any atom is -0.352 e. The third-order valence-electron chi connectivity index (χ3n) is 6.53. The number of hydrogen-bond donors (Lipinski definition) is 1. The largest absolute Gasteiger partial charge is 0.352 e. The van der Waals surface area contributed by atoms with Crippen molar-refractivity contribution < 1.29 is 18.0 Å². The van der Waals surface area contributed by atoms with Gasteiger partial charge >= 0.3 is 0 Å². The van der Waals surface area contributed by atoms with E-state index in [-0.39, 0.29) is 44.1 Å². The lowest BCUT2D eigenvalue weighted by Gasteiger charge is -2.32. The smallest absolute Gasteiger partial charge is 0.264 e. The SMILES string of the molecule is CC[C@@H](C)NC(=O)[C@@H](C)N(Cc1ccc(Cl)c(Cl)c1)C(=O)CN(c1cc(Cl)cc(Cl)c1)S(=O)(=O)c1ccc(C)cc1. The Labute approximate surface area is 261 Å². The zero-order valence-electron chi connectivity index (χ0n) is 23.0. The van der Waals surface area contributed by atoms with Gasteiger partial charge in [0.15, 0.2) is 0 Å². The molecule has 7 nitrogen and oxygen atoms in total. The van der Waals surface area contributed by atoms with Crippen LogP contribution in [0.5, 0.6) is 0 Å². The quantitative estimate of drug-likeness (QED) is 0.237. The van der Waals surface area contributed by atoms with Crippen molar-refractivity contribution in [3.05, 3.63) is 91.9 Å². The minimum atomic E-state index is -4.26. The highest BCUT2D eigenvalue weighted by Gasteiger charge is 2.33. The van der Waals surface area contributed by atoms with E-state index in [1.807, 2.05) is 20.8 Å². The molecule has 2 atom stereocenters. The molecule has 2 amide bonds. The molecule has 0 bridgehead atoms. The van der Waals surface area contributed by atoms with E-state index in [0.29, 0.717) is 17.0 Å². The summed E-state index contributed by atoms with van der Waals surface area (Å²) < 4.78 is 28.8. The van der Waals surface area contributed by atoms with Gasteiger partial charge in [-0.05, 0) is 75.2 Å².